The number of hydrogen-bond donors (Lipinski definition) is 1. The van der Waals surface area contributed by atoms with Crippen molar-refractivity contribution in [3.8, 4) is 11.5 Å². The molecule has 248 valence electrons. The standard InChI is InChI=1S/C33H21Cl2F4IN2O6/c34-31-14-23-20(10-11-21-25(23)28(45)41(27(21)44)17-7-3-16(40)4-8-17)26(22-13-19(9-12-24(22)43)48-33(37,38)39)32(31,35)30(47)42(29(31)46)18-5-1-15(36)2-6-18/h1-10,12-13,21,23,25-26,43H,11,14H2/t21-,23+,25-,26+,31+,32-/m0/s1. The number of anilines is 2. The van der Waals surface area contributed by atoms with E-state index in [0.29, 0.717) is 10.6 Å². The summed E-state index contributed by atoms with van der Waals surface area (Å²) in [5.41, 5.74) is 0.171. The zero-order chi connectivity index (χ0) is 34.5. The molecular weight excluding hydrogens is 794 g/mol. The molecule has 48 heavy (non-hydrogen) atoms. The van der Waals surface area contributed by atoms with Gasteiger partial charge in [0.2, 0.25) is 11.8 Å². The van der Waals surface area contributed by atoms with Crippen LogP contribution < -0.4 is 14.5 Å². The van der Waals surface area contributed by atoms with Crippen LogP contribution in [-0.2, 0) is 19.2 Å². The van der Waals surface area contributed by atoms with Gasteiger partial charge in [-0.25, -0.2) is 9.29 Å². The van der Waals surface area contributed by atoms with E-state index in [4.69, 9.17) is 23.2 Å². The van der Waals surface area contributed by atoms with Gasteiger partial charge in [0.05, 0.1) is 23.2 Å². The van der Waals surface area contributed by atoms with Crippen LogP contribution in [0.15, 0.2) is 78.4 Å². The first-order valence-corrected chi connectivity index (χ1v) is 16.3. The number of allylic oxidation sites excluding steroid dienone is 2. The highest BCUT2D eigenvalue weighted by Gasteiger charge is 2.77. The van der Waals surface area contributed by atoms with E-state index in [2.05, 4.69) is 27.3 Å². The minimum absolute atomic E-state index is 0.00991. The van der Waals surface area contributed by atoms with Crippen molar-refractivity contribution in [1.29, 1.82) is 0 Å². The number of carbonyl (C=O) groups is 4. The summed E-state index contributed by atoms with van der Waals surface area (Å²) in [5, 5.41) is 11.1. The van der Waals surface area contributed by atoms with Crippen LogP contribution in [-0.4, -0.2) is 44.8 Å². The van der Waals surface area contributed by atoms with Gasteiger partial charge in [-0.2, -0.15) is 0 Å². The van der Waals surface area contributed by atoms with Crippen molar-refractivity contribution in [2.75, 3.05) is 9.80 Å². The minimum Gasteiger partial charge on any atom is -0.508 e. The summed E-state index contributed by atoms with van der Waals surface area (Å²) in [6.07, 6.45) is -3.97. The Balaban J connectivity index is 1.41. The fraction of sp³-hybridized carbons (Fsp3) is 0.273. The number of imide groups is 2. The molecule has 0 aromatic heterocycles. The maximum atomic E-state index is 14.4. The Morgan fingerprint density at radius 3 is 2.12 bits per heavy atom. The molecule has 0 spiro atoms. The van der Waals surface area contributed by atoms with Gasteiger partial charge >= 0.3 is 6.36 Å². The zero-order valence-electron chi connectivity index (χ0n) is 24.2. The number of aromatic hydroxyl groups is 1. The Morgan fingerprint density at radius 2 is 1.48 bits per heavy atom. The molecule has 0 radical (unpaired) electrons. The van der Waals surface area contributed by atoms with Gasteiger partial charge in [0.1, 0.15) is 17.3 Å². The van der Waals surface area contributed by atoms with Crippen molar-refractivity contribution < 1.29 is 46.6 Å². The van der Waals surface area contributed by atoms with E-state index in [1.807, 2.05) is 0 Å². The number of halogens is 7. The Kier molecular flexibility index (Phi) is 7.64. The first-order valence-electron chi connectivity index (χ1n) is 14.5. The molecule has 2 saturated heterocycles. The molecule has 1 N–H and O–H groups in total. The number of benzene rings is 3. The molecule has 3 fully saturated rings. The molecule has 0 bridgehead atoms. The van der Waals surface area contributed by atoms with E-state index < -0.39 is 87.1 Å². The highest BCUT2D eigenvalue weighted by molar-refractivity contribution is 14.1. The van der Waals surface area contributed by atoms with Crippen molar-refractivity contribution >= 4 is 80.8 Å². The largest absolute Gasteiger partial charge is 0.573 e. The van der Waals surface area contributed by atoms with E-state index in [0.717, 1.165) is 50.9 Å². The van der Waals surface area contributed by atoms with Gasteiger partial charge in [-0.15, -0.1) is 36.4 Å². The van der Waals surface area contributed by atoms with Crippen LogP contribution in [0.5, 0.6) is 11.5 Å². The second-order valence-corrected chi connectivity index (χ2v) is 14.5. The van der Waals surface area contributed by atoms with E-state index in [9.17, 15) is 41.8 Å². The molecule has 1 saturated carbocycles. The number of fused-ring (bicyclic) bond motifs is 4. The maximum Gasteiger partial charge on any atom is 0.573 e. The number of phenols is 1. The predicted molar refractivity (Wildman–Crippen MR) is 173 cm³/mol. The molecule has 4 aliphatic rings. The van der Waals surface area contributed by atoms with E-state index in [-0.39, 0.29) is 23.2 Å². The topological polar surface area (TPSA) is 104 Å². The molecule has 7 rings (SSSR count). The number of hydrogen-bond acceptors (Lipinski definition) is 6. The van der Waals surface area contributed by atoms with Gasteiger partial charge in [0.15, 0.2) is 9.75 Å². The van der Waals surface area contributed by atoms with E-state index >= 15 is 0 Å². The smallest absolute Gasteiger partial charge is 0.508 e. The normalized spacial score (nSPS) is 29.9. The fourth-order valence-corrected chi connectivity index (χ4v) is 8.84. The Bertz CT molecular complexity index is 1940. The predicted octanol–water partition coefficient (Wildman–Crippen LogP) is 6.80. The van der Waals surface area contributed by atoms with Gasteiger partial charge in [-0.1, -0.05) is 11.6 Å². The lowest BCUT2D eigenvalue weighted by Crippen LogP contribution is -2.60. The molecule has 3 aromatic carbocycles. The Morgan fingerprint density at radius 1 is 0.854 bits per heavy atom. The quantitative estimate of drug-likeness (QED) is 0.102. The molecule has 2 aliphatic heterocycles. The molecule has 3 aromatic rings. The average Bonchev–Trinajstić information content (AvgIpc) is 3.36. The SMILES string of the molecule is O=C1[C@H]2[C@H](CC=C3[C@H]2C[C@@]2(Cl)C(=O)N(c4ccc(F)cc4)C(=O)[C@@]2(Cl)[C@H]3c2cc(OC(F)(F)F)ccc2O)C(=O)N1c1ccc(I)cc1. The minimum atomic E-state index is -5.12. The van der Waals surface area contributed by atoms with Crippen LogP contribution in [0.1, 0.15) is 24.3 Å². The molecule has 15 heteroatoms. The lowest BCUT2D eigenvalue weighted by Gasteiger charge is -2.50. The number of alkyl halides is 5. The van der Waals surface area contributed by atoms with Crippen molar-refractivity contribution in [2.45, 2.75) is 34.9 Å². The van der Waals surface area contributed by atoms with Gasteiger partial charge in [-0.3, -0.25) is 24.1 Å². The highest BCUT2D eigenvalue weighted by atomic mass is 127. The molecule has 2 heterocycles. The summed E-state index contributed by atoms with van der Waals surface area (Å²) in [6, 6.07) is 13.6. The summed E-state index contributed by atoms with van der Waals surface area (Å²) in [4.78, 5) is 53.5. The number of nitrogens with zero attached hydrogens (tertiary/aromatic N) is 2. The number of carbonyl (C=O) groups excluding carboxylic acids is 4. The number of ether oxygens (including phenoxy) is 1. The van der Waals surface area contributed by atoms with E-state index in [1.165, 1.54) is 0 Å². The van der Waals surface area contributed by atoms with Crippen LogP contribution in [0.2, 0.25) is 0 Å². The third-order valence-electron chi connectivity index (χ3n) is 9.52. The second kappa shape index (κ2) is 11.2. The average molecular weight is 815 g/mol. The van der Waals surface area contributed by atoms with Crippen molar-refractivity contribution in [3.05, 3.63) is 93.3 Å². The first kappa shape index (κ1) is 32.8. The fourth-order valence-electron chi connectivity index (χ4n) is 7.55. The van der Waals surface area contributed by atoms with E-state index in [1.54, 1.807) is 30.3 Å². The summed E-state index contributed by atoms with van der Waals surface area (Å²) >= 11 is 16.5. The Labute approximate surface area is 293 Å². The molecule has 8 nitrogen and oxygen atoms in total. The molecular formula is C33H21Cl2F4IN2O6. The summed E-state index contributed by atoms with van der Waals surface area (Å²) in [6.45, 7) is 0. The van der Waals surface area contributed by atoms with Crippen molar-refractivity contribution in [1.82, 2.24) is 0 Å². The summed E-state index contributed by atoms with van der Waals surface area (Å²) < 4.78 is 58.7. The highest BCUT2D eigenvalue weighted by Crippen LogP contribution is 2.66. The van der Waals surface area contributed by atoms with Crippen molar-refractivity contribution in [3.63, 3.8) is 0 Å². The third-order valence-corrected chi connectivity index (χ3v) is 11.7. The summed E-state index contributed by atoms with van der Waals surface area (Å²) in [7, 11) is 0. The van der Waals surface area contributed by atoms with Crippen LogP contribution in [0.25, 0.3) is 0 Å². The molecule has 2 aliphatic carbocycles. The van der Waals surface area contributed by atoms with Crippen molar-refractivity contribution in [2.24, 2.45) is 17.8 Å². The second-order valence-electron chi connectivity index (χ2n) is 12.0. The van der Waals surface area contributed by atoms with Gasteiger partial charge in [-0.05, 0) is 108 Å². The lowest BCUT2D eigenvalue weighted by atomic mass is 9.56. The number of rotatable bonds is 4. The summed E-state index contributed by atoms with van der Waals surface area (Å²) in [5.74, 6) is -9.74. The maximum absolute atomic E-state index is 14.4. The van der Waals surface area contributed by atoms with Crippen LogP contribution >= 0.6 is 45.8 Å². The molecule has 4 amide bonds. The monoisotopic (exact) mass is 814 g/mol. The van der Waals surface area contributed by atoms with Gasteiger partial charge in [0.25, 0.3) is 11.8 Å². The third kappa shape index (κ3) is 4.75. The number of phenolic OH excluding ortho intramolecular Hbond substituents is 1. The molecule has 6 atom stereocenters. The Hall–Kier alpha value is -3.69. The zero-order valence-corrected chi connectivity index (χ0v) is 27.8. The van der Waals surface area contributed by atoms with Crippen LogP contribution in [0.3, 0.4) is 0 Å². The molecule has 0 unspecified atom stereocenters. The number of amides is 4. The van der Waals surface area contributed by atoms with Gasteiger partial charge in [0, 0.05) is 15.1 Å². The first-order chi connectivity index (χ1) is 22.6. The van der Waals surface area contributed by atoms with Crippen LogP contribution in [0.4, 0.5) is 28.9 Å². The lowest BCUT2D eigenvalue weighted by molar-refractivity contribution is -0.274. The van der Waals surface area contributed by atoms with Crippen LogP contribution in [0, 0.1) is 27.1 Å². The van der Waals surface area contributed by atoms with Gasteiger partial charge < -0.3 is 9.84 Å².